The summed E-state index contributed by atoms with van der Waals surface area (Å²) >= 11 is 4.29. The molecular weight excluding hydrogens is 268 g/mol. The van der Waals surface area contributed by atoms with Gasteiger partial charge in [0.15, 0.2) is 0 Å². The Balaban J connectivity index is 3.08. The molecule has 0 radical (unpaired) electrons. The van der Waals surface area contributed by atoms with Crippen molar-refractivity contribution in [3.05, 3.63) is 0 Å². The smallest absolute Gasteiger partial charge is 0.304 e. The van der Waals surface area contributed by atoms with Crippen LogP contribution in [0.5, 0.6) is 0 Å². The van der Waals surface area contributed by atoms with E-state index in [0.29, 0.717) is 0 Å². The van der Waals surface area contributed by atoms with Crippen LogP contribution >= 0.6 is 12.6 Å². The van der Waals surface area contributed by atoms with Gasteiger partial charge >= 0.3 is 5.97 Å². The molecule has 2 nitrogen and oxygen atoms in total. The number of unbranched alkanes of at least 4 members (excludes halogenated alkanes) is 11. The summed E-state index contributed by atoms with van der Waals surface area (Å²) in [5.74, 6) is -0.732. The number of hydrogen-bond donors (Lipinski definition) is 2. The standard InChI is InChI=1S/C17H34O2S/c1-2-3-4-5-6-7-8-9-10-11-12-13-14-16(20)15-17(18)19/h16,20H,2-15H2,1H3,(H,18,19). The molecule has 0 spiro atoms. The van der Waals surface area contributed by atoms with E-state index in [-0.39, 0.29) is 11.7 Å². The molecule has 1 N–H and O–H groups in total. The lowest BCUT2D eigenvalue weighted by Gasteiger charge is -2.07. The van der Waals surface area contributed by atoms with Crippen molar-refractivity contribution < 1.29 is 9.90 Å². The Morgan fingerprint density at radius 3 is 1.65 bits per heavy atom. The maximum absolute atomic E-state index is 10.5. The zero-order valence-electron chi connectivity index (χ0n) is 13.3. The van der Waals surface area contributed by atoms with E-state index in [1.165, 1.54) is 70.6 Å². The van der Waals surface area contributed by atoms with Crippen LogP contribution in [0.1, 0.15) is 96.8 Å². The van der Waals surface area contributed by atoms with E-state index in [2.05, 4.69) is 19.6 Å². The summed E-state index contributed by atoms with van der Waals surface area (Å²) in [6, 6.07) is 0. The van der Waals surface area contributed by atoms with Gasteiger partial charge in [0, 0.05) is 5.25 Å². The average Bonchev–Trinajstić information content (AvgIpc) is 2.39. The van der Waals surface area contributed by atoms with Crippen molar-refractivity contribution in [3.63, 3.8) is 0 Å². The molecule has 1 atom stereocenters. The summed E-state index contributed by atoms with van der Waals surface area (Å²) < 4.78 is 0. The van der Waals surface area contributed by atoms with Gasteiger partial charge in [0.1, 0.15) is 0 Å². The predicted molar refractivity (Wildman–Crippen MR) is 90.7 cm³/mol. The van der Waals surface area contributed by atoms with Crippen molar-refractivity contribution in [2.24, 2.45) is 0 Å². The molecule has 0 rings (SSSR count). The molecule has 0 aromatic carbocycles. The third-order valence-corrected chi connectivity index (χ3v) is 4.24. The molecule has 0 saturated carbocycles. The van der Waals surface area contributed by atoms with Crippen LogP contribution in [0, 0.1) is 0 Å². The Hall–Kier alpha value is -0.180. The Morgan fingerprint density at radius 1 is 0.850 bits per heavy atom. The molecule has 0 aromatic heterocycles. The van der Waals surface area contributed by atoms with Crippen LogP contribution in [-0.4, -0.2) is 16.3 Å². The fraction of sp³-hybridized carbons (Fsp3) is 0.941. The molecule has 0 aliphatic rings. The van der Waals surface area contributed by atoms with Gasteiger partial charge in [-0.2, -0.15) is 12.6 Å². The first-order valence-electron chi connectivity index (χ1n) is 8.56. The molecule has 1 unspecified atom stereocenters. The predicted octanol–water partition coefficient (Wildman–Crippen LogP) is 5.85. The highest BCUT2D eigenvalue weighted by molar-refractivity contribution is 7.81. The van der Waals surface area contributed by atoms with E-state index in [9.17, 15) is 4.79 Å². The minimum absolute atomic E-state index is 0.0376. The summed E-state index contributed by atoms with van der Waals surface area (Å²) in [7, 11) is 0. The monoisotopic (exact) mass is 302 g/mol. The lowest BCUT2D eigenvalue weighted by atomic mass is 10.0. The van der Waals surface area contributed by atoms with E-state index in [0.717, 1.165) is 12.8 Å². The second kappa shape index (κ2) is 15.2. The summed E-state index contributed by atoms with van der Waals surface area (Å²) in [4.78, 5) is 10.5. The van der Waals surface area contributed by atoms with Crippen LogP contribution in [0.3, 0.4) is 0 Å². The Kier molecular flexibility index (Phi) is 15.1. The molecule has 120 valence electrons. The van der Waals surface area contributed by atoms with E-state index in [1.54, 1.807) is 0 Å². The average molecular weight is 303 g/mol. The molecular formula is C17H34O2S. The van der Waals surface area contributed by atoms with Gasteiger partial charge in [-0.1, -0.05) is 84.0 Å². The number of rotatable bonds is 15. The normalized spacial score (nSPS) is 12.5. The maximum atomic E-state index is 10.5. The van der Waals surface area contributed by atoms with E-state index in [4.69, 9.17) is 5.11 Å². The van der Waals surface area contributed by atoms with Crippen molar-refractivity contribution in [3.8, 4) is 0 Å². The van der Waals surface area contributed by atoms with E-state index in [1.807, 2.05) is 0 Å². The van der Waals surface area contributed by atoms with Crippen LogP contribution < -0.4 is 0 Å². The van der Waals surface area contributed by atoms with Crippen molar-refractivity contribution >= 4 is 18.6 Å². The SMILES string of the molecule is CCCCCCCCCCCCCCC(S)CC(=O)O. The zero-order chi connectivity index (χ0) is 15.1. The topological polar surface area (TPSA) is 37.3 Å². The van der Waals surface area contributed by atoms with Gasteiger partial charge in [0.05, 0.1) is 6.42 Å². The third kappa shape index (κ3) is 15.9. The summed E-state index contributed by atoms with van der Waals surface area (Å²) in [5.41, 5.74) is 0. The largest absolute Gasteiger partial charge is 0.481 e. The molecule has 0 bridgehead atoms. The van der Waals surface area contributed by atoms with Gasteiger partial charge in [-0.25, -0.2) is 0 Å². The lowest BCUT2D eigenvalue weighted by molar-refractivity contribution is -0.136. The molecule has 0 fully saturated rings. The highest BCUT2D eigenvalue weighted by atomic mass is 32.1. The second-order valence-corrected chi connectivity index (χ2v) is 6.66. The first-order valence-corrected chi connectivity index (χ1v) is 9.08. The van der Waals surface area contributed by atoms with Crippen LogP contribution in [-0.2, 0) is 4.79 Å². The van der Waals surface area contributed by atoms with Gasteiger partial charge < -0.3 is 5.11 Å². The van der Waals surface area contributed by atoms with Crippen molar-refractivity contribution in [1.82, 2.24) is 0 Å². The zero-order valence-corrected chi connectivity index (χ0v) is 14.2. The van der Waals surface area contributed by atoms with E-state index < -0.39 is 5.97 Å². The Bertz CT molecular complexity index is 219. The molecule has 0 heterocycles. The van der Waals surface area contributed by atoms with Crippen molar-refractivity contribution in [2.75, 3.05) is 0 Å². The van der Waals surface area contributed by atoms with Gasteiger partial charge in [0.25, 0.3) is 0 Å². The second-order valence-electron chi connectivity index (χ2n) is 5.93. The molecule has 0 saturated heterocycles. The number of thiol groups is 1. The fourth-order valence-corrected chi connectivity index (χ4v) is 2.86. The molecule has 0 amide bonds. The highest BCUT2D eigenvalue weighted by Crippen LogP contribution is 2.15. The summed E-state index contributed by atoms with van der Waals surface area (Å²) in [6.07, 6.45) is 17.3. The molecule has 3 heteroatoms. The molecule has 0 aromatic rings. The summed E-state index contributed by atoms with van der Waals surface area (Å²) in [6.45, 7) is 2.26. The Labute approximate surface area is 131 Å². The molecule has 0 aliphatic carbocycles. The summed E-state index contributed by atoms with van der Waals surface area (Å²) in [5, 5.41) is 8.66. The minimum Gasteiger partial charge on any atom is -0.481 e. The van der Waals surface area contributed by atoms with Crippen LogP contribution in [0.4, 0.5) is 0 Å². The number of carboxylic acid groups (broad SMARTS) is 1. The van der Waals surface area contributed by atoms with Crippen LogP contribution in [0.25, 0.3) is 0 Å². The van der Waals surface area contributed by atoms with Gasteiger partial charge in [-0.3, -0.25) is 4.79 Å². The number of carbonyl (C=O) groups is 1. The number of aliphatic carboxylic acids is 1. The lowest BCUT2D eigenvalue weighted by Crippen LogP contribution is -2.06. The third-order valence-electron chi connectivity index (χ3n) is 3.80. The minimum atomic E-state index is -0.732. The fourth-order valence-electron chi connectivity index (χ4n) is 2.52. The molecule has 20 heavy (non-hydrogen) atoms. The first kappa shape index (κ1) is 19.8. The van der Waals surface area contributed by atoms with Crippen LogP contribution in [0.15, 0.2) is 0 Å². The molecule has 0 aliphatic heterocycles. The van der Waals surface area contributed by atoms with Crippen molar-refractivity contribution in [2.45, 2.75) is 102 Å². The first-order chi connectivity index (χ1) is 9.66. The number of hydrogen-bond acceptors (Lipinski definition) is 2. The van der Waals surface area contributed by atoms with Gasteiger partial charge in [0.2, 0.25) is 0 Å². The van der Waals surface area contributed by atoms with E-state index >= 15 is 0 Å². The number of carboxylic acids is 1. The van der Waals surface area contributed by atoms with Crippen LogP contribution in [0.2, 0.25) is 0 Å². The van der Waals surface area contributed by atoms with Gasteiger partial charge in [-0.05, 0) is 6.42 Å². The quantitative estimate of drug-likeness (QED) is 0.294. The maximum Gasteiger partial charge on any atom is 0.304 e. The Morgan fingerprint density at radius 2 is 1.25 bits per heavy atom. The van der Waals surface area contributed by atoms with Crippen molar-refractivity contribution in [1.29, 1.82) is 0 Å². The van der Waals surface area contributed by atoms with Gasteiger partial charge in [-0.15, -0.1) is 0 Å². The highest BCUT2D eigenvalue weighted by Gasteiger charge is 2.07.